The highest BCUT2D eigenvalue weighted by Gasteiger charge is 2.33. The third-order valence-corrected chi connectivity index (χ3v) is 5.35. The predicted molar refractivity (Wildman–Crippen MR) is 89.8 cm³/mol. The van der Waals surface area contributed by atoms with Gasteiger partial charge in [-0.15, -0.1) is 0 Å². The zero-order chi connectivity index (χ0) is 17.2. The molecule has 1 aliphatic rings. The Hall–Kier alpha value is -2.15. The maximum atomic E-state index is 12.3. The van der Waals surface area contributed by atoms with E-state index in [0.717, 1.165) is 18.4 Å². The van der Waals surface area contributed by atoms with Crippen molar-refractivity contribution in [3.8, 4) is 11.5 Å². The van der Waals surface area contributed by atoms with Crippen molar-refractivity contribution in [2.45, 2.75) is 31.6 Å². The first kappa shape index (κ1) is 16.7. The van der Waals surface area contributed by atoms with Crippen molar-refractivity contribution in [2.75, 3.05) is 12.3 Å². The SMILES string of the molecule is CCN(C(=O)CS(=O)(=O)Cc1coc(-c2ccccc2)n1)C1CC1. The number of sulfone groups is 1. The zero-order valence-electron chi connectivity index (χ0n) is 13.5. The first-order valence-electron chi connectivity index (χ1n) is 7.98. The number of benzene rings is 1. The van der Waals surface area contributed by atoms with Gasteiger partial charge in [0.2, 0.25) is 11.8 Å². The van der Waals surface area contributed by atoms with Crippen LogP contribution in [0.3, 0.4) is 0 Å². The maximum absolute atomic E-state index is 12.3. The Balaban J connectivity index is 1.66. The Morgan fingerprint density at radius 3 is 2.62 bits per heavy atom. The average Bonchev–Trinajstić information content (AvgIpc) is 3.26. The highest BCUT2D eigenvalue weighted by molar-refractivity contribution is 7.91. The summed E-state index contributed by atoms with van der Waals surface area (Å²) in [6.07, 6.45) is 3.26. The van der Waals surface area contributed by atoms with Crippen LogP contribution in [0.5, 0.6) is 0 Å². The fourth-order valence-electron chi connectivity index (χ4n) is 2.66. The molecule has 1 heterocycles. The summed E-state index contributed by atoms with van der Waals surface area (Å²) in [5, 5.41) is 0. The third-order valence-electron chi connectivity index (χ3n) is 3.93. The van der Waals surface area contributed by atoms with Gasteiger partial charge >= 0.3 is 0 Å². The molecule has 0 N–H and O–H groups in total. The van der Waals surface area contributed by atoms with Gasteiger partial charge in [0, 0.05) is 18.2 Å². The summed E-state index contributed by atoms with van der Waals surface area (Å²) in [7, 11) is -3.58. The van der Waals surface area contributed by atoms with E-state index < -0.39 is 15.6 Å². The molecular weight excluding hydrogens is 328 g/mol. The molecule has 0 radical (unpaired) electrons. The van der Waals surface area contributed by atoms with Gasteiger partial charge < -0.3 is 9.32 Å². The molecule has 0 unspecified atom stereocenters. The molecule has 128 valence electrons. The lowest BCUT2D eigenvalue weighted by Gasteiger charge is -2.19. The molecule has 7 heteroatoms. The highest BCUT2D eigenvalue weighted by Crippen LogP contribution is 2.27. The van der Waals surface area contributed by atoms with E-state index in [1.54, 1.807) is 4.90 Å². The second-order valence-corrected chi connectivity index (χ2v) is 8.02. The number of nitrogens with zero attached hydrogens (tertiary/aromatic N) is 2. The van der Waals surface area contributed by atoms with Gasteiger partial charge in [-0.05, 0) is 31.9 Å². The molecule has 6 nitrogen and oxygen atoms in total. The topological polar surface area (TPSA) is 80.5 Å². The van der Waals surface area contributed by atoms with Crippen LogP contribution < -0.4 is 0 Å². The minimum Gasteiger partial charge on any atom is -0.444 e. The first-order valence-corrected chi connectivity index (χ1v) is 9.80. The molecular formula is C17H20N2O4S. The van der Waals surface area contributed by atoms with Crippen LogP contribution in [-0.2, 0) is 20.4 Å². The van der Waals surface area contributed by atoms with Gasteiger partial charge in [-0.2, -0.15) is 0 Å². The van der Waals surface area contributed by atoms with Crippen LogP contribution in [0, 0.1) is 0 Å². The molecule has 3 rings (SSSR count). The van der Waals surface area contributed by atoms with Crippen molar-refractivity contribution in [1.82, 2.24) is 9.88 Å². The molecule has 1 aromatic heterocycles. The number of hydrogen-bond acceptors (Lipinski definition) is 5. The van der Waals surface area contributed by atoms with E-state index in [9.17, 15) is 13.2 Å². The molecule has 0 atom stereocenters. The second-order valence-electron chi connectivity index (χ2n) is 5.95. The predicted octanol–water partition coefficient (Wildman–Crippen LogP) is 2.27. The monoisotopic (exact) mass is 348 g/mol. The van der Waals surface area contributed by atoms with E-state index in [0.29, 0.717) is 18.1 Å². The van der Waals surface area contributed by atoms with Crippen LogP contribution in [-0.4, -0.2) is 42.5 Å². The van der Waals surface area contributed by atoms with Crippen molar-refractivity contribution in [1.29, 1.82) is 0 Å². The quantitative estimate of drug-likeness (QED) is 0.767. The van der Waals surface area contributed by atoms with Crippen LogP contribution in [0.1, 0.15) is 25.5 Å². The van der Waals surface area contributed by atoms with Crippen molar-refractivity contribution >= 4 is 15.7 Å². The second kappa shape index (κ2) is 6.76. The Labute approximate surface area is 141 Å². The van der Waals surface area contributed by atoms with Crippen molar-refractivity contribution < 1.29 is 17.6 Å². The third kappa shape index (κ3) is 4.03. The number of carbonyl (C=O) groups is 1. The molecule has 0 aliphatic heterocycles. The summed E-state index contributed by atoms with van der Waals surface area (Å²) in [5.74, 6) is -0.727. The lowest BCUT2D eigenvalue weighted by Crippen LogP contribution is -2.37. The number of hydrogen-bond donors (Lipinski definition) is 0. The fraction of sp³-hybridized carbons (Fsp3) is 0.412. The Morgan fingerprint density at radius 1 is 1.29 bits per heavy atom. The summed E-state index contributed by atoms with van der Waals surface area (Å²) in [6, 6.07) is 9.47. The highest BCUT2D eigenvalue weighted by atomic mass is 32.2. The lowest BCUT2D eigenvalue weighted by molar-refractivity contribution is -0.128. The molecule has 1 aromatic carbocycles. The van der Waals surface area contributed by atoms with Crippen LogP contribution in [0.15, 0.2) is 41.0 Å². The van der Waals surface area contributed by atoms with Crippen molar-refractivity contribution in [3.63, 3.8) is 0 Å². The van der Waals surface area contributed by atoms with Gasteiger partial charge in [0.05, 0.1) is 11.4 Å². The van der Waals surface area contributed by atoms with Crippen LogP contribution in [0.2, 0.25) is 0 Å². The molecule has 0 spiro atoms. The number of amides is 1. The van der Waals surface area contributed by atoms with E-state index in [2.05, 4.69) is 4.98 Å². The normalized spacial score (nSPS) is 14.5. The molecule has 24 heavy (non-hydrogen) atoms. The first-order chi connectivity index (χ1) is 11.5. The van der Waals surface area contributed by atoms with E-state index in [4.69, 9.17) is 4.42 Å². The van der Waals surface area contributed by atoms with E-state index in [-0.39, 0.29) is 17.7 Å². The molecule has 0 bridgehead atoms. The molecule has 1 aliphatic carbocycles. The van der Waals surface area contributed by atoms with Crippen molar-refractivity contribution in [2.24, 2.45) is 0 Å². The van der Waals surface area contributed by atoms with Gasteiger partial charge in [-0.3, -0.25) is 4.79 Å². The van der Waals surface area contributed by atoms with Crippen LogP contribution >= 0.6 is 0 Å². The summed E-state index contributed by atoms with van der Waals surface area (Å²) < 4.78 is 29.9. The maximum Gasteiger partial charge on any atom is 0.238 e. The fourth-order valence-corrected chi connectivity index (χ4v) is 3.89. The number of aromatic nitrogens is 1. The average molecular weight is 348 g/mol. The van der Waals surface area contributed by atoms with Gasteiger partial charge in [0.1, 0.15) is 12.0 Å². The Bertz CT molecular complexity index is 810. The van der Waals surface area contributed by atoms with Crippen molar-refractivity contribution in [3.05, 3.63) is 42.3 Å². The lowest BCUT2D eigenvalue weighted by atomic mass is 10.2. The summed E-state index contributed by atoms with van der Waals surface area (Å²) >= 11 is 0. The molecule has 2 aromatic rings. The molecule has 1 fully saturated rings. The molecule has 0 saturated heterocycles. The van der Waals surface area contributed by atoms with E-state index in [1.165, 1.54) is 6.26 Å². The van der Waals surface area contributed by atoms with Gasteiger partial charge in [-0.1, -0.05) is 18.2 Å². The van der Waals surface area contributed by atoms with Gasteiger partial charge in [0.15, 0.2) is 9.84 Å². The van der Waals surface area contributed by atoms with Crippen LogP contribution in [0.25, 0.3) is 11.5 Å². The summed E-state index contributed by atoms with van der Waals surface area (Å²) in [5.41, 5.74) is 1.10. The zero-order valence-corrected chi connectivity index (χ0v) is 14.3. The van der Waals surface area contributed by atoms with E-state index in [1.807, 2.05) is 37.3 Å². The van der Waals surface area contributed by atoms with Crippen LogP contribution in [0.4, 0.5) is 0 Å². The summed E-state index contributed by atoms with van der Waals surface area (Å²) in [6.45, 7) is 2.41. The summed E-state index contributed by atoms with van der Waals surface area (Å²) in [4.78, 5) is 18.1. The van der Waals surface area contributed by atoms with E-state index >= 15 is 0 Å². The largest absolute Gasteiger partial charge is 0.444 e. The smallest absolute Gasteiger partial charge is 0.238 e. The number of carbonyl (C=O) groups excluding carboxylic acids is 1. The van der Waals surface area contributed by atoms with Gasteiger partial charge in [-0.25, -0.2) is 13.4 Å². The minimum atomic E-state index is -3.58. The molecule has 1 saturated carbocycles. The number of oxazole rings is 1. The van der Waals surface area contributed by atoms with Gasteiger partial charge in [0.25, 0.3) is 0 Å². The number of rotatable bonds is 7. The minimum absolute atomic E-state index is 0.217. The standard InChI is InChI=1S/C17H20N2O4S/c1-2-19(15-8-9-15)16(20)12-24(21,22)11-14-10-23-17(18-14)13-6-4-3-5-7-13/h3-7,10,15H,2,8-9,11-12H2,1H3. The molecule has 1 amide bonds. The Morgan fingerprint density at radius 2 is 2.00 bits per heavy atom. The Kier molecular flexibility index (Phi) is 4.71.